The van der Waals surface area contributed by atoms with Gasteiger partial charge in [0.2, 0.25) is 11.8 Å². The largest absolute Gasteiger partial charge is 0.477 e. The topological polar surface area (TPSA) is 73.1 Å². The molecular weight excluding hydrogens is 269 g/mol. The molecule has 0 bridgehead atoms. The lowest BCUT2D eigenvalue weighted by molar-refractivity contribution is -0.139. The number of fused-ring (bicyclic) bond motifs is 1. The first kappa shape index (κ1) is 12.8. The molecule has 0 saturated heterocycles. The number of hydrazine groups is 1. The number of nitrogens with one attached hydrogen (secondary N) is 1. The Morgan fingerprint density at radius 3 is 2.83 bits per heavy atom. The van der Waals surface area contributed by atoms with Crippen molar-refractivity contribution in [3.8, 4) is 5.88 Å². The van der Waals surface area contributed by atoms with Crippen LogP contribution >= 0.6 is 11.3 Å². The van der Waals surface area contributed by atoms with Crippen molar-refractivity contribution in [1.82, 2.24) is 9.97 Å². The third-order valence-electron chi connectivity index (χ3n) is 2.04. The first-order chi connectivity index (χ1) is 8.49. The highest BCUT2D eigenvalue weighted by Gasteiger charge is 2.27. The van der Waals surface area contributed by atoms with Gasteiger partial charge in [-0.05, 0) is 11.4 Å². The van der Waals surface area contributed by atoms with Crippen LogP contribution < -0.4 is 16.0 Å². The molecule has 2 rings (SSSR count). The zero-order valence-electron chi connectivity index (χ0n) is 8.99. The number of anilines is 1. The Morgan fingerprint density at radius 2 is 2.17 bits per heavy atom. The Balaban J connectivity index is 2.18. The van der Waals surface area contributed by atoms with Gasteiger partial charge < -0.3 is 4.74 Å². The van der Waals surface area contributed by atoms with Crippen LogP contribution in [0, 0.1) is 0 Å². The van der Waals surface area contributed by atoms with Gasteiger partial charge in [0.05, 0.1) is 18.4 Å². The van der Waals surface area contributed by atoms with E-state index in [-0.39, 0.29) is 11.8 Å². The Kier molecular flexibility index (Phi) is 3.53. The number of nitrogens with zero attached hydrogens (tertiary/aromatic N) is 2. The van der Waals surface area contributed by atoms with Gasteiger partial charge in [-0.15, -0.1) is 11.3 Å². The summed E-state index contributed by atoms with van der Waals surface area (Å²) in [4.78, 5) is 8.52. The van der Waals surface area contributed by atoms with Crippen molar-refractivity contribution in [1.29, 1.82) is 0 Å². The lowest BCUT2D eigenvalue weighted by Crippen LogP contribution is -2.15. The van der Waals surface area contributed by atoms with E-state index in [4.69, 9.17) is 10.6 Å². The molecule has 0 fully saturated rings. The molecule has 0 atom stereocenters. The molecule has 0 saturated carbocycles. The minimum absolute atomic E-state index is 0.0958. The molecule has 0 aromatic carbocycles. The smallest absolute Gasteiger partial charge is 0.392 e. The Labute approximate surface area is 104 Å². The summed E-state index contributed by atoms with van der Waals surface area (Å²) in [6.45, 7) is -0.491. The SMILES string of the molecule is NNc1nc(OCCC(F)(F)F)c2ccsc2n1. The molecule has 2 aromatic heterocycles. The quantitative estimate of drug-likeness (QED) is 0.663. The highest BCUT2D eigenvalue weighted by molar-refractivity contribution is 7.16. The molecule has 5 nitrogen and oxygen atoms in total. The standard InChI is InChI=1S/C9H9F3N4OS/c10-9(11,12)2-3-17-6-5-1-4-18-7(5)15-8(14-6)16-13/h1,4H,2-3,13H2,(H,14,15,16). The van der Waals surface area contributed by atoms with Crippen LogP contribution in [-0.2, 0) is 0 Å². The average Bonchev–Trinajstić information content (AvgIpc) is 2.75. The molecular formula is C9H9F3N4OS. The molecule has 0 aliphatic carbocycles. The fourth-order valence-corrected chi connectivity index (χ4v) is 2.02. The van der Waals surface area contributed by atoms with Gasteiger partial charge in [-0.3, -0.25) is 5.43 Å². The molecule has 0 unspecified atom stereocenters. The van der Waals surface area contributed by atoms with Crippen LogP contribution in [0.4, 0.5) is 19.1 Å². The van der Waals surface area contributed by atoms with E-state index < -0.39 is 19.2 Å². The van der Waals surface area contributed by atoms with Crippen molar-refractivity contribution in [3.05, 3.63) is 11.4 Å². The zero-order valence-corrected chi connectivity index (χ0v) is 9.81. The van der Waals surface area contributed by atoms with Crippen molar-refractivity contribution in [2.45, 2.75) is 12.6 Å². The molecule has 0 spiro atoms. The predicted molar refractivity (Wildman–Crippen MR) is 61.4 cm³/mol. The summed E-state index contributed by atoms with van der Waals surface area (Å²) in [5.74, 6) is 5.37. The maximum absolute atomic E-state index is 12.0. The third-order valence-corrected chi connectivity index (χ3v) is 2.85. The molecule has 0 aliphatic rings. The van der Waals surface area contributed by atoms with E-state index in [2.05, 4.69) is 15.4 Å². The maximum atomic E-state index is 12.0. The molecule has 0 radical (unpaired) electrons. The van der Waals surface area contributed by atoms with Crippen molar-refractivity contribution < 1.29 is 17.9 Å². The predicted octanol–water partition coefficient (Wildman–Crippen LogP) is 2.31. The molecule has 0 amide bonds. The zero-order chi connectivity index (χ0) is 13.2. The highest BCUT2D eigenvalue weighted by atomic mass is 32.1. The van der Waals surface area contributed by atoms with Gasteiger partial charge in [-0.1, -0.05) is 0 Å². The third kappa shape index (κ3) is 2.99. The van der Waals surface area contributed by atoms with Crippen LogP contribution in [0.15, 0.2) is 11.4 Å². The van der Waals surface area contributed by atoms with E-state index in [1.165, 1.54) is 11.3 Å². The van der Waals surface area contributed by atoms with Crippen molar-refractivity contribution in [2.24, 2.45) is 5.84 Å². The minimum atomic E-state index is -4.25. The number of thiophene rings is 1. The summed E-state index contributed by atoms with van der Waals surface area (Å²) < 4.78 is 41.1. The van der Waals surface area contributed by atoms with Crippen molar-refractivity contribution >= 4 is 27.5 Å². The van der Waals surface area contributed by atoms with Crippen LogP contribution in [0.1, 0.15) is 6.42 Å². The van der Waals surface area contributed by atoms with Gasteiger partial charge in [0.25, 0.3) is 0 Å². The summed E-state index contributed by atoms with van der Waals surface area (Å²) in [7, 11) is 0. The number of halogens is 3. The van der Waals surface area contributed by atoms with Gasteiger partial charge in [0.1, 0.15) is 4.83 Å². The Hall–Kier alpha value is -1.61. The fourth-order valence-electron chi connectivity index (χ4n) is 1.27. The second-order valence-corrected chi connectivity index (χ2v) is 4.24. The first-order valence-corrected chi connectivity index (χ1v) is 5.79. The van der Waals surface area contributed by atoms with E-state index in [9.17, 15) is 13.2 Å². The summed E-state index contributed by atoms with van der Waals surface area (Å²) in [6.07, 6.45) is -5.29. The van der Waals surface area contributed by atoms with Crippen molar-refractivity contribution in [3.63, 3.8) is 0 Å². The van der Waals surface area contributed by atoms with E-state index in [1.54, 1.807) is 11.4 Å². The minimum Gasteiger partial charge on any atom is -0.477 e. The van der Waals surface area contributed by atoms with Gasteiger partial charge in [0, 0.05) is 0 Å². The second-order valence-electron chi connectivity index (χ2n) is 3.35. The molecule has 2 aromatic rings. The molecule has 3 N–H and O–H groups in total. The summed E-state index contributed by atoms with van der Waals surface area (Å²) in [5.41, 5.74) is 2.24. The molecule has 2 heterocycles. The number of aromatic nitrogens is 2. The number of alkyl halides is 3. The van der Waals surface area contributed by atoms with E-state index in [0.717, 1.165) is 0 Å². The van der Waals surface area contributed by atoms with E-state index in [0.29, 0.717) is 10.2 Å². The van der Waals surface area contributed by atoms with Gasteiger partial charge in [-0.25, -0.2) is 10.8 Å². The van der Waals surface area contributed by atoms with Crippen LogP contribution in [0.3, 0.4) is 0 Å². The number of hydrogen-bond donors (Lipinski definition) is 2. The number of rotatable bonds is 4. The van der Waals surface area contributed by atoms with Crippen LogP contribution in [0.5, 0.6) is 5.88 Å². The van der Waals surface area contributed by atoms with E-state index >= 15 is 0 Å². The highest BCUT2D eigenvalue weighted by Crippen LogP contribution is 2.28. The van der Waals surface area contributed by atoms with Crippen LogP contribution in [0.25, 0.3) is 10.2 Å². The van der Waals surface area contributed by atoms with Gasteiger partial charge >= 0.3 is 6.18 Å². The Bertz CT molecular complexity index is 542. The molecule has 0 aliphatic heterocycles. The average molecular weight is 278 g/mol. The maximum Gasteiger partial charge on any atom is 0.392 e. The molecule has 9 heteroatoms. The van der Waals surface area contributed by atoms with Crippen LogP contribution in [-0.4, -0.2) is 22.8 Å². The second kappa shape index (κ2) is 4.94. The van der Waals surface area contributed by atoms with Crippen LogP contribution in [0.2, 0.25) is 0 Å². The van der Waals surface area contributed by atoms with Crippen molar-refractivity contribution in [2.75, 3.05) is 12.0 Å². The number of nitrogens with two attached hydrogens (primary N) is 1. The molecule has 98 valence electrons. The first-order valence-electron chi connectivity index (χ1n) is 4.91. The number of ether oxygens (including phenoxy) is 1. The summed E-state index contributed by atoms with van der Waals surface area (Å²) in [5, 5.41) is 2.32. The van der Waals surface area contributed by atoms with Gasteiger partial charge in [-0.2, -0.15) is 18.2 Å². The lowest BCUT2D eigenvalue weighted by atomic mass is 10.4. The Morgan fingerprint density at radius 1 is 1.39 bits per heavy atom. The van der Waals surface area contributed by atoms with E-state index in [1.807, 2.05) is 0 Å². The molecule has 18 heavy (non-hydrogen) atoms. The van der Waals surface area contributed by atoms with Gasteiger partial charge in [0.15, 0.2) is 0 Å². The number of hydrogen-bond acceptors (Lipinski definition) is 6. The fraction of sp³-hybridized carbons (Fsp3) is 0.333. The lowest BCUT2D eigenvalue weighted by Gasteiger charge is -2.09. The summed E-state index contributed by atoms with van der Waals surface area (Å²) >= 11 is 1.32. The number of nitrogen functional groups attached to an aromatic ring is 1. The normalized spacial score (nSPS) is 11.8. The summed E-state index contributed by atoms with van der Waals surface area (Å²) in [6, 6.07) is 1.68. The monoisotopic (exact) mass is 278 g/mol.